The largest absolute Gasteiger partial charge is 0.356 e. The number of aliphatic imine (C=N–C) groups is 1. The van der Waals surface area contributed by atoms with Crippen molar-refractivity contribution in [1.29, 1.82) is 0 Å². The topological polar surface area (TPSA) is 78.4 Å². The SMILES string of the molecule is CN=C(NCCc1csc(C)n1)NCC(=O)NCCc1ccccc1. The predicted molar refractivity (Wildman–Crippen MR) is 103 cm³/mol. The quantitative estimate of drug-likeness (QED) is 0.493. The molecule has 0 aliphatic heterocycles. The van der Waals surface area contributed by atoms with E-state index in [2.05, 4.69) is 43.4 Å². The maximum atomic E-state index is 11.9. The Morgan fingerprint density at radius 3 is 2.56 bits per heavy atom. The Balaban J connectivity index is 1.60. The summed E-state index contributed by atoms with van der Waals surface area (Å²) in [7, 11) is 1.69. The van der Waals surface area contributed by atoms with E-state index in [1.807, 2.05) is 25.1 Å². The van der Waals surface area contributed by atoms with Crippen LogP contribution in [0.15, 0.2) is 40.7 Å². The van der Waals surface area contributed by atoms with Crippen molar-refractivity contribution in [1.82, 2.24) is 20.9 Å². The van der Waals surface area contributed by atoms with Gasteiger partial charge in [0.15, 0.2) is 5.96 Å². The predicted octanol–water partition coefficient (Wildman–Crippen LogP) is 1.52. The van der Waals surface area contributed by atoms with Gasteiger partial charge in [-0.2, -0.15) is 0 Å². The van der Waals surface area contributed by atoms with Gasteiger partial charge in [0.2, 0.25) is 5.91 Å². The molecule has 0 fully saturated rings. The Kier molecular flexibility index (Phi) is 7.91. The van der Waals surface area contributed by atoms with E-state index in [9.17, 15) is 4.79 Å². The highest BCUT2D eigenvalue weighted by molar-refractivity contribution is 7.09. The molecule has 7 heteroatoms. The summed E-state index contributed by atoms with van der Waals surface area (Å²) in [5, 5.41) is 12.2. The van der Waals surface area contributed by atoms with Crippen molar-refractivity contribution in [3.63, 3.8) is 0 Å². The lowest BCUT2D eigenvalue weighted by Gasteiger charge is -2.11. The van der Waals surface area contributed by atoms with E-state index in [-0.39, 0.29) is 12.5 Å². The van der Waals surface area contributed by atoms with Crippen LogP contribution in [0, 0.1) is 6.92 Å². The molecule has 0 aliphatic rings. The third-order valence-electron chi connectivity index (χ3n) is 3.56. The number of carbonyl (C=O) groups excluding carboxylic acids is 1. The zero-order chi connectivity index (χ0) is 17.9. The number of aryl methyl sites for hydroxylation is 1. The number of thiazole rings is 1. The fraction of sp³-hybridized carbons (Fsp3) is 0.389. The maximum absolute atomic E-state index is 11.9. The van der Waals surface area contributed by atoms with Crippen LogP contribution >= 0.6 is 11.3 Å². The molecule has 2 aromatic rings. The first-order valence-corrected chi connectivity index (χ1v) is 9.21. The van der Waals surface area contributed by atoms with Gasteiger partial charge >= 0.3 is 0 Å². The maximum Gasteiger partial charge on any atom is 0.239 e. The number of aromatic nitrogens is 1. The number of amides is 1. The Hall–Kier alpha value is -2.41. The van der Waals surface area contributed by atoms with Crippen LogP contribution in [0.5, 0.6) is 0 Å². The van der Waals surface area contributed by atoms with Crippen LogP contribution in [-0.4, -0.2) is 43.5 Å². The zero-order valence-electron chi connectivity index (χ0n) is 14.7. The summed E-state index contributed by atoms with van der Waals surface area (Å²) < 4.78 is 0. The number of nitrogens with one attached hydrogen (secondary N) is 3. The molecule has 1 aromatic carbocycles. The molecule has 134 valence electrons. The van der Waals surface area contributed by atoms with Crippen molar-refractivity contribution in [2.24, 2.45) is 4.99 Å². The van der Waals surface area contributed by atoms with Gasteiger partial charge in [0.05, 0.1) is 17.2 Å². The molecule has 0 radical (unpaired) electrons. The smallest absolute Gasteiger partial charge is 0.239 e. The summed E-state index contributed by atoms with van der Waals surface area (Å²) >= 11 is 1.65. The molecule has 6 nitrogen and oxygen atoms in total. The summed E-state index contributed by atoms with van der Waals surface area (Å²) in [6.07, 6.45) is 1.65. The Morgan fingerprint density at radius 1 is 1.12 bits per heavy atom. The minimum Gasteiger partial charge on any atom is -0.356 e. The van der Waals surface area contributed by atoms with Gasteiger partial charge in [-0.1, -0.05) is 30.3 Å². The summed E-state index contributed by atoms with van der Waals surface area (Å²) in [6.45, 7) is 3.54. The van der Waals surface area contributed by atoms with Gasteiger partial charge in [-0.3, -0.25) is 9.79 Å². The molecule has 0 unspecified atom stereocenters. The Bertz CT molecular complexity index is 684. The monoisotopic (exact) mass is 359 g/mol. The second kappa shape index (κ2) is 10.5. The van der Waals surface area contributed by atoms with Crippen molar-refractivity contribution in [3.8, 4) is 0 Å². The van der Waals surface area contributed by atoms with Crippen molar-refractivity contribution >= 4 is 23.2 Å². The number of hydrogen-bond donors (Lipinski definition) is 3. The molecular formula is C18H25N5OS. The van der Waals surface area contributed by atoms with Gasteiger partial charge in [0.1, 0.15) is 0 Å². The third-order valence-corrected chi connectivity index (χ3v) is 4.38. The minimum atomic E-state index is -0.0472. The number of rotatable bonds is 8. The first kappa shape index (κ1) is 18.9. The summed E-state index contributed by atoms with van der Waals surface area (Å²) in [5.74, 6) is 0.569. The molecule has 1 aromatic heterocycles. The second-order valence-corrected chi connectivity index (χ2v) is 6.61. The minimum absolute atomic E-state index is 0.0472. The molecule has 1 amide bonds. The van der Waals surface area contributed by atoms with Crippen LogP contribution in [0.2, 0.25) is 0 Å². The lowest BCUT2D eigenvalue weighted by Crippen LogP contribution is -2.44. The van der Waals surface area contributed by atoms with E-state index in [0.29, 0.717) is 12.5 Å². The van der Waals surface area contributed by atoms with Crippen LogP contribution in [0.4, 0.5) is 0 Å². The van der Waals surface area contributed by atoms with E-state index < -0.39 is 0 Å². The average molecular weight is 359 g/mol. The molecule has 0 atom stereocenters. The number of benzene rings is 1. The van der Waals surface area contributed by atoms with Gasteiger partial charge < -0.3 is 16.0 Å². The lowest BCUT2D eigenvalue weighted by molar-refractivity contribution is -0.119. The summed E-state index contributed by atoms with van der Waals surface area (Å²) in [6, 6.07) is 10.1. The normalized spacial score (nSPS) is 11.2. The first-order valence-electron chi connectivity index (χ1n) is 8.33. The highest BCUT2D eigenvalue weighted by Gasteiger charge is 2.04. The van der Waals surface area contributed by atoms with Gasteiger partial charge in [0, 0.05) is 31.9 Å². The molecule has 3 N–H and O–H groups in total. The van der Waals surface area contributed by atoms with Gasteiger partial charge in [-0.05, 0) is 18.9 Å². The fourth-order valence-electron chi connectivity index (χ4n) is 2.27. The van der Waals surface area contributed by atoms with Crippen molar-refractivity contribution in [2.45, 2.75) is 19.8 Å². The molecular weight excluding hydrogens is 334 g/mol. The van der Waals surface area contributed by atoms with E-state index in [0.717, 1.165) is 30.1 Å². The Labute approximate surface area is 152 Å². The lowest BCUT2D eigenvalue weighted by atomic mass is 10.1. The van der Waals surface area contributed by atoms with Crippen LogP contribution in [0.25, 0.3) is 0 Å². The van der Waals surface area contributed by atoms with Crippen molar-refractivity contribution in [2.75, 3.05) is 26.7 Å². The number of nitrogens with zero attached hydrogens (tertiary/aromatic N) is 2. The van der Waals surface area contributed by atoms with E-state index >= 15 is 0 Å². The highest BCUT2D eigenvalue weighted by atomic mass is 32.1. The molecule has 0 bridgehead atoms. The molecule has 2 rings (SSSR count). The third kappa shape index (κ3) is 7.34. The molecule has 0 saturated carbocycles. The molecule has 0 saturated heterocycles. The van der Waals surface area contributed by atoms with Crippen molar-refractivity contribution in [3.05, 3.63) is 52.0 Å². The Morgan fingerprint density at radius 2 is 1.88 bits per heavy atom. The molecule has 25 heavy (non-hydrogen) atoms. The second-order valence-electron chi connectivity index (χ2n) is 5.55. The van der Waals surface area contributed by atoms with E-state index in [1.165, 1.54) is 5.56 Å². The summed E-state index contributed by atoms with van der Waals surface area (Å²) in [4.78, 5) is 20.4. The fourth-order valence-corrected chi connectivity index (χ4v) is 2.92. The van der Waals surface area contributed by atoms with E-state index in [1.54, 1.807) is 18.4 Å². The van der Waals surface area contributed by atoms with Crippen LogP contribution in [-0.2, 0) is 17.6 Å². The number of hydrogen-bond acceptors (Lipinski definition) is 4. The van der Waals surface area contributed by atoms with Crippen molar-refractivity contribution < 1.29 is 4.79 Å². The standard InChI is InChI=1S/C18H25N5OS/c1-14-23-16(13-25-14)9-11-21-18(19-2)22-12-17(24)20-10-8-15-6-4-3-5-7-15/h3-7,13H,8-12H2,1-2H3,(H,20,24)(H2,19,21,22). The van der Waals surface area contributed by atoms with Crippen LogP contribution in [0.3, 0.4) is 0 Å². The van der Waals surface area contributed by atoms with Crippen LogP contribution < -0.4 is 16.0 Å². The van der Waals surface area contributed by atoms with Gasteiger partial charge in [-0.25, -0.2) is 4.98 Å². The average Bonchev–Trinajstić information content (AvgIpc) is 3.04. The number of guanidine groups is 1. The van der Waals surface area contributed by atoms with Gasteiger partial charge in [0.25, 0.3) is 0 Å². The van der Waals surface area contributed by atoms with Crippen LogP contribution in [0.1, 0.15) is 16.3 Å². The number of carbonyl (C=O) groups is 1. The summed E-state index contributed by atoms with van der Waals surface area (Å²) in [5.41, 5.74) is 2.29. The molecule has 0 spiro atoms. The van der Waals surface area contributed by atoms with Gasteiger partial charge in [-0.15, -0.1) is 11.3 Å². The molecule has 1 heterocycles. The molecule has 0 aliphatic carbocycles. The zero-order valence-corrected chi connectivity index (χ0v) is 15.5. The van der Waals surface area contributed by atoms with E-state index in [4.69, 9.17) is 0 Å². The first-order chi connectivity index (χ1) is 12.2. The highest BCUT2D eigenvalue weighted by Crippen LogP contribution is 2.07.